The summed E-state index contributed by atoms with van der Waals surface area (Å²) in [6.07, 6.45) is 1.32. The van der Waals surface area contributed by atoms with Gasteiger partial charge in [-0.15, -0.1) is 0 Å². The van der Waals surface area contributed by atoms with Crippen molar-refractivity contribution < 1.29 is 4.42 Å². The zero-order chi connectivity index (χ0) is 11.5. The number of nitrogens with zero attached hydrogens (tertiary/aromatic N) is 1. The topological polar surface area (TPSA) is 28.4 Å². The molecule has 90 valence electrons. The molecule has 1 unspecified atom stereocenters. The maximum absolute atomic E-state index is 5.78. The third kappa shape index (κ3) is 2.66. The van der Waals surface area contributed by atoms with Gasteiger partial charge in [0.2, 0.25) is 0 Å². The summed E-state index contributed by atoms with van der Waals surface area (Å²) in [6.45, 7) is 8.65. The molecule has 1 saturated heterocycles. The van der Waals surface area contributed by atoms with Crippen LogP contribution in [0.15, 0.2) is 10.5 Å². The van der Waals surface area contributed by atoms with Gasteiger partial charge in [-0.05, 0) is 38.9 Å². The Kier molecular flexibility index (Phi) is 3.66. The average molecular weight is 222 g/mol. The first-order valence-corrected chi connectivity index (χ1v) is 6.14. The molecule has 1 atom stereocenters. The lowest BCUT2D eigenvalue weighted by Crippen LogP contribution is -2.19. The number of hydrogen-bond acceptors (Lipinski definition) is 3. The number of likely N-dealkylation sites (tertiary alicyclic amines) is 1. The molecule has 1 fully saturated rings. The third-order valence-electron chi connectivity index (χ3n) is 3.33. The van der Waals surface area contributed by atoms with Crippen molar-refractivity contribution >= 4 is 0 Å². The summed E-state index contributed by atoms with van der Waals surface area (Å²) in [7, 11) is 1.97. The van der Waals surface area contributed by atoms with Crippen LogP contribution in [-0.4, -0.2) is 25.0 Å². The molecule has 1 aromatic heterocycles. The Morgan fingerprint density at radius 2 is 2.38 bits per heavy atom. The molecule has 0 aromatic carbocycles. The van der Waals surface area contributed by atoms with Gasteiger partial charge in [0.25, 0.3) is 0 Å². The monoisotopic (exact) mass is 222 g/mol. The van der Waals surface area contributed by atoms with Crippen LogP contribution in [0.5, 0.6) is 0 Å². The standard InChI is InChI=1S/C13H22N2O/c1-10-4-5-15(8-10)9-13-6-12(7-14-3)11(2)16-13/h6,10,14H,4-5,7-9H2,1-3H3. The lowest BCUT2D eigenvalue weighted by molar-refractivity contribution is 0.286. The minimum absolute atomic E-state index is 0.841. The van der Waals surface area contributed by atoms with Gasteiger partial charge in [0.15, 0.2) is 0 Å². The van der Waals surface area contributed by atoms with Crippen molar-refractivity contribution in [2.24, 2.45) is 5.92 Å². The van der Waals surface area contributed by atoms with Gasteiger partial charge in [-0.3, -0.25) is 4.90 Å². The average Bonchev–Trinajstić information content (AvgIpc) is 2.76. The van der Waals surface area contributed by atoms with Gasteiger partial charge in [-0.2, -0.15) is 0 Å². The van der Waals surface area contributed by atoms with Gasteiger partial charge < -0.3 is 9.73 Å². The van der Waals surface area contributed by atoms with E-state index in [4.69, 9.17) is 4.42 Å². The summed E-state index contributed by atoms with van der Waals surface area (Å²) < 4.78 is 5.78. The summed E-state index contributed by atoms with van der Waals surface area (Å²) in [6, 6.07) is 2.19. The SMILES string of the molecule is CNCc1cc(CN2CCC(C)C2)oc1C. The van der Waals surface area contributed by atoms with Crippen molar-refractivity contribution in [2.75, 3.05) is 20.1 Å². The van der Waals surface area contributed by atoms with E-state index in [-0.39, 0.29) is 0 Å². The second kappa shape index (κ2) is 5.02. The van der Waals surface area contributed by atoms with Crippen LogP contribution in [0.4, 0.5) is 0 Å². The first kappa shape index (κ1) is 11.7. The molecular formula is C13H22N2O. The highest BCUT2D eigenvalue weighted by Crippen LogP contribution is 2.20. The number of rotatable bonds is 4. The molecule has 0 bridgehead atoms. The zero-order valence-corrected chi connectivity index (χ0v) is 10.5. The van der Waals surface area contributed by atoms with E-state index < -0.39 is 0 Å². The van der Waals surface area contributed by atoms with Gasteiger partial charge in [-0.1, -0.05) is 6.92 Å². The lowest BCUT2D eigenvalue weighted by Gasteiger charge is -2.12. The van der Waals surface area contributed by atoms with Crippen molar-refractivity contribution in [3.8, 4) is 0 Å². The molecule has 0 saturated carbocycles. The Hall–Kier alpha value is -0.800. The van der Waals surface area contributed by atoms with E-state index in [9.17, 15) is 0 Å². The molecule has 1 aliphatic heterocycles. The molecule has 16 heavy (non-hydrogen) atoms. The van der Waals surface area contributed by atoms with Gasteiger partial charge in [0.1, 0.15) is 11.5 Å². The molecule has 2 rings (SSSR count). The van der Waals surface area contributed by atoms with Crippen LogP contribution in [0.25, 0.3) is 0 Å². The largest absolute Gasteiger partial charge is 0.465 e. The first-order chi connectivity index (χ1) is 7.69. The maximum Gasteiger partial charge on any atom is 0.118 e. The van der Waals surface area contributed by atoms with Crippen LogP contribution in [-0.2, 0) is 13.1 Å². The van der Waals surface area contributed by atoms with E-state index in [1.165, 1.54) is 25.1 Å². The molecule has 3 heteroatoms. The van der Waals surface area contributed by atoms with E-state index in [1.807, 2.05) is 14.0 Å². The molecule has 1 aliphatic rings. The quantitative estimate of drug-likeness (QED) is 0.846. The predicted molar refractivity (Wildman–Crippen MR) is 65.3 cm³/mol. The maximum atomic E-state index is 5.78. The molecule has 1 N–H and O–H groups in total. The Bertz CT molecular complexity index is 346. The number of furan rings is 1. The summed E-state index contributed by atoms with van der Waals surface area (Å²) in [5, 5.41) is 3.17. The molecule has 0 spiro atoms. The Morgan fingerprint density at radius 3 is 3.00 bits per heavy atom. The minimum Gasteiger partial charge on any atom is -0.465 e. The fourth-order valence-corrected chi connectivity index (χ4v) is 2.42. The molecule has 3 nitrogen and oxygen atoms in total. The highest BCUT2D eigenvalue weighted by Gasteiger charge is 2.20. The fourth-order valence-electron chi connectivity index (χ4n) is 2.42. The molecule has 0 amide bonds. The molecule has 1 aromatic rings. The number of aryl methyl sites for hydroxylation is 1. The number of nitrogens with one attached hydrogen (secondary N) is 1. The van der Waals surface area contributed by atoms with Crippen LogP contribution >= 0.6 is 0 Å². The van der Waals surface area contributed by atoms with Gasteiger partial charge >= 0.3 is 0 Å². The van der Waals surface area contributed by atoms with E-state index in [0.717, 1.165) is 30.5 Å². The van der Waals surface area contributed by atoms with Crippen molar-refractivity contribution in [2.45, 2.75) is 33.4 Å². The second-order valence-electron chi connectivity index (χ2n) is 4.95. The predicted octanol–water partition coefficient (Wildman–Crippen LogP) is 2.15. The summed E-state index contributed by atoms with van der Waals surface area (Å²) >= 11 is 0. The first-order valence-electron chi connectivity index (χ1n) is 6.14. The third-order valence-corrected chi connectivity index (χ3v) is 3.33. The van der Waals surface area contributed by atoms with E-state index >= 15 is 0 Å². The molecular weight excluding hydrogens is 200 g/mol. The highest BCUT2D eigenvalue weighted by atomic mass is 16.3. The van der Waals surface area contributed by atoms with Gasteiger partial charge in [-0.25, -0.2) is 0 Å². The van der Waals surface area contributed by atoms with Crippen molar-refractivity contribution in [3.05, 3.63) is 23.2 Å². The zero-order valence-electron chi connectivity index (χ0n) is 10.5. The molecule has 0 radical (unpaired) electrons. The Labute approximate surface area is 97.8 Å². The lowest BCUT2D eigenvalue weighted by atomic mass is 10.2. The van der Waals surface area contributed by atoms with Crippen LogP contribution in [0.1, 0.15) is 30.4 Å². The van der Waals surface area contributed by atoms with Gasteiger partial charge in [0.05, 0.1) is 6.54 Å². The van der Waals surface area contributed by atoms with Crippen LogP contribution in [0.2, 0.25) is 0 Å². The summed E-state index contributed by atoms with van der Waals surface area (Å²) in [5.74, 6) is 3.00. The fraction of sp³-hybridized carbons (Fsp3) is 0.692. The molecule has 0 aliphatic carbocycles. The Morgan fingerprint density at radius 1 is 1.56 bits per heavy atom. The van der Waals surface area contributed by atoms with Crippen LogP contribution < -0.4 is 5.32 Å². The van der Waals surface area contributed by atoms with Crippen LogP contribution in [0, 0.1) is 12.8 Å². The van der Waals surface area contributed by atoms with Crippen molar-refractivity contribution in [3.63, 3.8) is 0 Å². The smallest absolute Gasteiger partial charge is 0.118 e. The highest BCUT2D eigenvalue weighted by molar-refractivity contribution is 5.20. The molecule has 2 heterocycles. The number of hydrogen-bond donors (Lipinski definition) is 1. The van der Waals surface area contributed by atoms with Crippen molar-refractivity contribution in [1.82, 2.24) is 10.2 Å². The van der Waals surface area contributed by atoms with Crippen molar-refractivity contribution in [1.29, 1.82) is 0 Å². The van der Waals surface area contributed by atoms with E-state index in [1.54, 1.807) is 0 Å². The van der Waals surface area contributed by atoms with Gasteiger partial charge in [0, 0.05) is 18.7 Å². The minimum atomic E-state index is 0.841. The second-order valence-corrected chi connectivity index (χ2v) is 4.95. The summed E-state index contributed by atoms with van der Waals surface area (Å²) in [5.41, 5.74) is 1.28. The normalized spacial score (nSPS) is 21.8. The van der Waals surface area contributed by atoms with Crippen LogP contribution in [0.3, 0.4) is 0 Å². The van der Waals surface area contributed by atoms with E-state index in [0.29, 0.717) is 0 Å². The Balaban J connectivity index is 1.96. The summed E-state index contributed by atoms with van der Waals surface area (Å²) in [4.78, 5) is 2.48. The van der Waals surface area contributed by atoms with E-state index in [2.05, 4.69) is 23.2 Å².